The van der Waals surface area contributed by atoms with Crippen LogP contribution in [0.2, 0.25) is 0 Å². The number of urea groups is 1. The molecular weight excluding hydrogens is 400 g/mol. The second kappa shape index (κ2) is 8.05. The van der Waals surface area contributed by atoms with Crippen LogP contribution in [0.4, 0.5) is 23.7 Å². The van der Waals surface area contributed by atoms with Gasteiger partial charge >= 0.3 is 19.3 Å². The molecule has 0 radical (unpaired) electrons. The third-order valence-corrected chi connectivity index (χ3v) is 5.92. The Bertz CT molecular complexity index is 785. The number of alkyl halides is 3. The summed E-state index contributed by atoms with van der Waals surface area (Å²) in [6.45, 7) is 9.97. The van der Waals surface area contributed by atoms with E-state index in [9.17, 15) is 18.0 Å². The first-order valence-corrected chi connectivity index (χ1v) is 9.98. The fourth-order valence-electron chi connectivity index (χ4n) is 3.43. The summed E-state index contributed by atoms with van der Waals surface area (Å²) in [5, 5.41) is 2.77. The second-order valence-corrected chi connectivity index (χ2v) is 8.85. The van der Waals surface area contributed by atoms with Gasteiger partial charge in [-0.2, -0.15) is 13.2 Å². The van der Waals surface area contributed by atoms with Crippen molar-refractivity contribution in [1.29, 1.82) is 0 Å². The highest BCUT2D eigenvalue weighted by Gasteiger charge is 2.52. The van der Waals surface area contributed by atoms with E-state index in [1.807, 2.05) is 40.7 Å². The molecule has 3 rings (SSSR count). The van der Waals surface area contributed by atoms with Crippen molar-refractivity contribution in [3.05, 3.63) is 23.8 Å². The molecule has 2 saturated heterocycles. The molecule has 2 heterocycles. The number of carbonyl (C=O) groups excluding carboxylic acids is 1. The maximum absolute atomic E-state index is 12.6. The molecule has 30 heavy (non-hydrogen) atoms. The molecule has 1 aromatic carbocycles. The highest BCUT2D eigenvalue weighted by molar-refractivity contribution is 6.62. The molecule has 0 bridgehead atoms. The molecule has 2 amide bonds. The van der Waals surface area contributed by atoms with Crippen molar-refractivity contribution in [1.82, 2.24) is 4.90 Å². The number of carbonyl (C=O) groups is 1. The van der Waals surface area contributed by atoms with Gasteiger partial charge in [0.05, 0.1) is 30.3 Å². The molecule has 1 unspecified atom stereocenters. The average Bonchev–Trinajstić information content (AvgIpc) is 2.82. The van der Waals surface area contributed by atoms with Crippen LogP contribution in [-0.2, 0) is 14.0 Å². The van der Waals surface area contributed by atoms with Gasteiger partial charge in [-0.05, 0) is 52.2 Å². The maximum Gasteiger partial charge on any atom is 0.495 e. The summed E-state index contributed by atoms with van der Waals surface area (Å²) in [5.74, 6) is 0. The van der Waals surface area contributed by atoms with Crippen molar-refractivity contribution in [2.24, 2.45) is 0 Å². The zero-order valence-electron chi connectivity index (χ0n) is 17.9. The second-order valence-electron chi connectivity index (χ2n) is 8.85. The van der Waals surface area contributed by atoms with Gasteiger partial charge in [0.2, 0.25) is 0 Å². The lowest BCUT2D eigenvalue weighted by molar-refractivity contribution is -0.168. The van der Waals surface area contributed by atoms with Gasteiger partial charge in [-0.15, -0.1) is 0 Å². The predicted molar refractivity (Wildman–Crippen MR) is 108 cm³/mol. The number of hydrogen-bond acceptors (Lipinski definition) is 4. The van der Waals surface area contributed by atoms with Crippen LogP contribution >= 0.6 is 0 Å². The van der Waals surface area contributed by atoms with Gasteiger partial charge in [0.1, 0.15) is 0 Å². The summed E-state index contributed by atoms with van der Waals surface area (Å²) < 4.78 is 55.2. The van der Waals surface area contributed by atoms with Gasteiger partial charge in [0.15, 0.2) is 0 Å². The van der Waals surface area contributed by atoms with Gasteiger partial charge in [-0.3, -0.25) is 0 Å². The third-order valence-electron chi connectivity index (χ3n) is 5.92. The van der Waals surface area contributed by atoms with Crippen LogP contribution in [0, 0.1) is 6.92 Å². The van der Waals surface area contributed by atoms with Crippen molar-refractivity contribution in [3.8, 4) is 0 Å². The van der Waals surface area contributed by atoms with Crippen molar-refractivity contribution in [2.75, 3.05) is 25.0 Å². The molecule has 2 aliphatic heterocycles. The fourth-order valence-corrected chi connectivity index (χ4v) is 3.43. The Labute approximate surface area is 175 Å². The van der Waals surface area contributed by atoms with Gasteiger partial charge < -0.3 is 24.3 Å². The van der Waals surface area contributed by atoms with E-state index in [1.54, 1.807) is 12.1 Å². The van der Waals surface area contributed by atoms with Crippen molar-refractivity contribution in [3.63, 3.8) is 0 Å². The smallest absolute Gasteiger partial charge is 0.399 e. The van der Waals surface area contributed by atoms with E-state index in [1.165, 1.54) is 4.90 Å². The molecule has 2 aliphatic rings. The summed E-state index contributed by atoms with van der Waals surface area (Å²) in [6, 6.07) is 4.91. The minimum Gasteiger partial charge on any atom is -0.399 e. The predicted octanol–water partition coefficient (Wildman–Crippen LogP) is 3.48. The number of aryl methyl sites for hydroxylation is 1. The Morgan fingerprint density at radius 1 is 1.23 bits per heavy atom. The van der Waals surface area contributed by atoms with Crippen LogP contribution in [0.5, 0.6) is 0 Å². The Balaban J connectivity index is 1.69. The number of ether oxygens (including phenoxy) is 1. The molecule has 0 spiro atoms. The summed E-state index contributed by atoms with van der Waals surface area (Å²) in [7, 11) is -0.577. The number of anilines is 1. The number of nitrogens with zero attached hydrogens (tertiary/aromatic N) is 1. The number of nitrogens with one attached hydrogen (secondary N) is 1. The zero-order chi connectivity index (χ0) is 22.3. The highest BCUT2D eigenvalue weighted by atomic mass is 19.4. The van der Waals surface area contributed by atoms with Gasteiger partial charge in [-0.1, -0.05) is 11.6 Å². The van der Waals surface area contributed by atoms with Crippen LogP contribution in [0.25, 0.3) is 0 Å². The van der Waals surface area contributed by atoms with E-state index in [2.05, 4.69) is 5.32 Å². The number of halogens is 3. The molecule has 1 atom stereocenters. The lowest BCUT2D eigenvalue weighted by Crippen LogP contribution is -2.48. The van der Waals surface area contributed by atoms with E-state index in [-0.39, 0.29) is 19.7 Å². The SMILES string of the molecule is Cc1ccc(NC(=O)N2CCOC(CC(F)(F)F)C2)cc1B1OC(C)(C)C(C)(C)O1. The van der Waals surface area contributed by atoms with Crippen LogP contribution in [0.15, 0.2) is 18.2 Å². The first-order valence-electron chi connectivity index (χ1n) is 9.98. The summed E-state index contributed by atoms with van der Waals surface area (Å²) in [4.78, 5) is 14.0. The van der Waals surface area contributed by atoms with E-state index in [4.69, 9.17) is 14.0 Å². The minimum absolute atomic E-state index is 0.0707. The van der Waals surface area contributed by atoms with Crippen molar-refractivity contribution < 1.29 is 32.0 Å². The summed E-state index contributed by atoms with van der Waals surface area (Å²) in [5.41, 5.74) is 1.27. The number of benzene rings is 1. The van der Waals surface area contributed by atoms with E-state index in [0.29, 0.717) is 5.69 Å². The van der Waals surface area contributed by atoms with Gasteiger partial charge in [-0.25, -0.2) is 4.79 Å². The van der Waals surface area contributed by atoms with Crippen molar-refractivity contribution in [2.45, 2.75) is 64.5 Å². The lowest BCUT2D eigenvalue weighted by atomic mass is 9.76. The van der Waals surface area contributed by atoms with E-state index < -0.39 is 43.1 Å². The standard InChI is InChI=1S/C20H28BF3N2O4/c1-13-6-7-14(10-16(13)21-29-18(2,3)19(4,5)30-21)25-17(27)26-8-9-28-15(12-26)11-20(22,23)24/h6-7,10,15H,8-9,11-12H2,1-5H3,(H,25,27). The van der Waals surface area contributed by atoms with Crippen LogP contribution in [0.1, 0.15) is 39.7 Å². The third kappa shape index (κ3) is 5.10. The lowest BCUT2D eigenvalue weighted by Gasteiger charge is -2.33. The molecule has 1 N–H and O–H groups in total. The van der Waals surface area contributed by atoms with Crippen LogP contribution in [-0.4, -0.2) is 61.2 Å². The van der Waals surface area contributed by atoms with Gasteiger partial charge in [0.25, 0.3) is 0 Å². The number of hydrogen-bond donors (Lipinski definition) is 1. The first-order chi connectivity index (χ1) is 13.8. The van der Waals surface area contributed by atoms with Gasteiger partial charge in [0, 0.05) is 18.8 Å². The van der Waals surface area contributed by atoms with Crippen LogP contribution in [0.3, 0.4) is 0 Å². The van der Waals surface area contributed by atoms with Crippen molar-refractivity contribution >= 4 is 24.3 Å². The molecule has 166 valence electrons. The van der Waals surface area contributed by atoms with Crippen LogP contribution < -0.4 is 10.8 Å². The summed E-state index contributed by atoms with van der Waals surface area (Å²) >= 11 is 0. The van der Waals surface area contributed by atoms with E-state index in [0.717, 1.165) is 11.0 Å². The Morgan fingerprint density at radius 2 is 1.87 bits per heavy atom. The molecule has 1 aromatic rings. The Hall–Kier alpha value is -1.78. The molecule has 6 nitrogen and oxygen atoms in total. The first kappa shape index (κ1) is 22.9. The molecule has 0 aromatic heterocycles. The largest absolute Gasteiger partial charge is 0.495 e. The number of rotatable bonds is 3. The molecule has 2 fully saturated rings. The quantitative estimate of drug-likeness (QED) is 0.750. The Kier molecular flexibility index (Phi) is 6.15. The average molecular weight is 428 g/mol. The monoisotopic (exact) mass is 428 g/mol. The number of amides is 2. The normalized spacial score (nSPS) is 23.5. The molecular formula is C20H28BF3N2O4. The fraction of sp³-hybridized carbons (Fsp3) is 0.650. The molecule has 0 saturated carbocycles. The Morgan fingerprint density at radius 3 is 2.47 bits per heavy atom. The minimum atomic E-state index is -4.33. The number of morpholine rings is 1. The van der Waals surface area contributed by atoms with E-state index >= 15 is 0 Å². The molecule has 10 heteroatoms. The maximum atomic E-state index is 12.6. The topological polar surface area (TPSA) is 60.0 Å². The zero-order valence-corrected chi connectivity index (χ0v) is 17.9. The summed E-state index contributed by atoms with van der Waals surface area (Å²) in [6.07, 6.45) is -6.46. The molecule has 0 aliphatic carbocycles. The highest BCUT2D eigenvalue weighted by Crippen LogP contribution is 2.36.